The van der Waals surface area contributed by atoms with Gasteiger partial charge in [-0.1, -0.05) is 6.92 Å². The first-order valence-electron chi connectivity index (χ1n) is 5.40. The number of hydrogen-bond donors (Lipinski definition) is 1. The highest BCUT2D eigenvalue weighted by Crippen LogP contribution is 2.11. The molecule has 17 heavy (non-hydrogen) atoms. The molecule has 0 aliphatic carbocycles. The fourth-order valence-electron chi connectivity index (χ4n) is 1.25. The summed E-state index contributed by atoms with van der Waals surface area (Å²) in [5, 5.41) is 10.3. The predicted molar refractivity (Wildman–Crippen MR) is 64.8 cm³/mol. The van der Waals surface area contributed by atoms with Crippen molar-refractivity contribution in [3.8, 4) is 6.01 Å². The lowest BCUT2D eigenvalue weighted by Gasteiger charge is -1.98. The Morgan fingerprint density at radius 3 is 3.12 bits per heavy atom. The van der Waals surface area contributed by atoms with E-state index in [-0.39, 0.29) is 0 Å². The predicted octanol–water partition coefficient (Wildman–Crippen LogP) is 0.960. The third-order valence-corrected chi connectivity index (χ3v) is 2.95. The van der Waals surface area contributed by atoms with E-state index in [0.717, 1.165) is 23.8 Å². The van der Waals surface area contributed by atoms with Crippen LogP contribution in [0, 0.1) is 0 Å². The Balaban J connectivity index is 1.84. The third kappa shape index (κ3) is 3.50. The maximum absolute atomic E-state index is 5.41. The summed E-state index contributed by atoms with van der Waals surface area (Å²) in [6.07, 6.45) is 1.60. The normalized spacial score (nSPS) is 10.7. The molecule has 0 radical (unpaired) electrons. The molecule has 2 aromatic rings. The molecule has 0 saturated heterocycles. The van der Waals surface area contributed by atoms with Gasteiger partial charge in [0.2, 0.25) is 0 Å². The topological polar surface area (TPSA) is 64.9 Å². The molecule has 0 amide bonds. The second kappa shape index (κ2) is 5.74. The molecule has 2 rings (SSSR count). The van der Waals surface area contributed by atoms with Crippen LogP contribution in [-0.4, -0.2) is 26.3 Å². The maximum atomic E-state index is 5.41. The van der Waals surface area contributed by atoms with Crippen LogP contribution in [-0.2, 0) is 20.2 Å². The third-order valence-electron chi connectivity index (χ3n) is 2.05. The zero-order valence-electron chi connectivity index (χ0n) is 9.88. The van der Waals surface area contributed by atoms with E-state index in [9.17, 15) is 0 Å². The number of ether oxygens (including phenoxy) is 1. The molecule has 0 aliphatic rings. The highest BCUT2D eigenvalue weighted by atomic mass is 32.1. The van der Waals surface area contributed by atoms with Gasteiger partial charge in [-0.2, -0.15) is 4.98 Å². The average Bonchev–Trinajstić information content (AvgIpc) is 2.93. The molecule has 0 unspecified atom stereocenters. The van der Waals surface area contributed by atoms with Crippen molar-refractivity contribution in [2.24, 2.45) is 7.05 Å². The minimum Gasteiger partial charge on any atom is -0.456 e. The second-order valence-corrected chi connectivity index (χ2v) is 4.45. The molecule has 1 N–H and O–H groups in total. The van der Waals surface area contributed by atoms with Crippen molar-refractivity contribution < 1.29 is 4.74 Å². The first-order chi connectivity index (χ1) is 8.28. The highest BCUT2D eigenvalue weighted by Gasteiger charge is 2.04. The SMILES string of the molecule is CCNCc1nc(COc2ncn(C)n2)cs1. The minimum absolute atomic E-state index is 0.383. The monoisotopic (exact) mass is 253 g/mol. The number of nitrogens with zero attached hydrogens (tertiary/aromatic N) is 4. The standard InChI is InChI=1S/C10H15N5OS/c1-3-11-4-9-13-8(6-17-9)5-16-10-12-7-15(2)14-10/h6-7,11H,3-5H2,1-2H3. The summed E-state index contributed by atoms with van der Waals surface area (Å²) in [5.41, 5.74) is 0.912. The van der Waals surface area contributed by atoms with Crippen molar-refractivity contribution >= 4 is 11.3 Å². The molecule has 6 nitrogen and oxygen atoms in total. The smallest absolute Gasteiger partial charge is 0.335 e. The fraction of sp³-hybridized carbons (Fsp3) is 0.500. The summed E-state index contributed by atoms with van der Waals surface area (Å²) in [5.74, 6) is 0. The molecular formula is C10H15N5OS. The number of rotatable bonds is 6. The fourth-order valence-corrected chi connectivity index (χ4v) is 2.00. The van der Waals surface area contributed by atoms with Gasteiger partial charge in [-0.15, -0.1) is 16.4 Å². The molecular weight excluding hydrogens is 238 g/mol. The quantitative estimate of drug-likeness (QED) is 0.830. The van der Waals surface area contributed by atoms with Crippen LogP contribution in [0.2, 0.25) is 0 Å². The Morgan fingerprint density at radius 2 is 2.41 bits per heavy atom. The Morgan fingerprint density at radius 1 is 1.53 bits per heavy atom. The number of hydrogen-bond acceptors (Lipinski definition) is 6. The number of nitrogens with one attached hydrogen (secondary N) is 1. The van der Waals surface area contributed by atoms with E-state index in [1.165, 1.54) is 0 Å². The van der Waals surface area contributed by atoms with Crippen LogP contribution in [0.3, 0.4) is 0 Å². The molecule has 2 heterocycles. The minimum atomic E-state index is 0.383. The molecule has 0 bridgehead atoms. The van der Waals surface area contributed by atoms with E-state index in [0.29, 0.717) is 12.6 Å². The van der Waals surface area contributed by atoms with Crippen LogP contribution in [0.25, 0.3) is 0 Å². The molecule has 92 valence electrons. The van der Waals surface area contributed by atoms with Gasteiger partial charge in [0, 0.05) is 19.0 Å². The molecule has 0 spiro atoms. The van der Waals surface area contributed by atoms with Crippen molar-refractivity contribution in [1.82, 2.24) is 25.1 Å². The molecule has 0 aliphatic heterocycles. The van der Waals surface area contributed by atoms with E-state index in [1.807, 2.05) is 5.38 Å². The molecule has 0 saturated carbocycles. The average molecular weight is 253 g/mol. The zero-order chi connectivity index (χ0) is 12.1. The van der Waals surface area contributed by atoms with E-state index >= 15 is 0 Å². The Bertz CT molecular complexity index is 467. The lowest BCUT2D eigenvalue weighted by atomic mass is 10.5. The van der Waals surface area contributed by atoms with Crippen molar-refractivity contribution in [2.45, 2.75) is 20.1 Å². The van der Waals surface area contributed by atoms with E-state index in [4.69, 9.17) is 4.74 Å². The van der Waals surface area contributed by atoms with Crippen LogP contribution >= 0.6 is 11.3 Å². The summed E-state index contributed by atoms with van der Waals surface area (Å²) in [7, 11) is 1.80. The lowest BCUT2D eigenvalue weighted by molar-refractivity contribution is 0.276. The van der Waals surface area contributed by atoms with Crippen LogP contribution in [0.4, 0.5) is 0 Å². The summed E-state index contributed by atoms with van der Waals surface area (Å²) >= 11 is 1.63. The number of thiazole rings is 1. The summed E-state index contributed by atoms with van der Waals surface area (Å²) in [6.45, 7) is 4.24. The van der Waals surface area contributed by atoms with Crippen molar-refractivity contribution in [3.63, 3.8) is 0 Å². The largest absolute Gasteiger partial charge is 0.456 e. The van der Waals surface area contributed by atoms with Crippen LogP contribution < -0.4 is 10.1 Å². The Labute approximate surface area is 104 Å². The second-order valence-electron chi connectivity index (χ2n) is 3.50. The van der Waals surface area contributed by atoms with Crippen LogP contribution in [0.15, 0.2) is 11.7 Å². The van der Waals surface area contributed by atoms with Gasteiger partial charge in [0.1, 0.15) is 17.9 Å². The lowest BCUT2D eigenvalue weighted by Crippen LogP contribution is -2.11. The van der Waals surface area contributed by atoms with Gasteiger partial charge in [0.05, 0.1) is 5.69 Å². The highest BCUT2D eigenvalue weighted by molar-refractivity contribution is 7.09. The summed E-state index contributed by atoms with van der Waals surface area (Å²) in [6, 6.07) is 0.383. The zero-order valence-corrected chi connectivity index (χ0v) is 10.7. The Kier molecular flexibility index (Phi) is 4.05. The van der Waals surface area contributed by atoms with Gasteiger partial charge >= 0.3 is 6.01 Å². The van der Waals surface area contributed by atoms with Crippen molar-refractivity contribution in [1.29, 1.82) is 0 Å². The number of aryl methyl sites for hydroxylation is 1. The van der Waals surface area contributed by atoms with Crippen LogP contribution in [0.5, 0.6) is 6.01 Å². The summed E-state index contributed by atoms with van der Waals surface area (Å²) in [4.78, 5) is 8.42. The molecule has 7 heteroatoms. The summed E-state index contributed by atoms with van der Waals surface area (Å²) < 4.78 is 7.02. The molecule has 0 atom stereocenters. The van der Waals surface area contributed by atoms with E-state index < -0.39 is 0 Å². The Hall–Kier alpha value is -1.47. The van der Waals surface area contributed by atoms with Crippen molar-refractivity contribution in [2.75, 3.05) is 6.54 Å². The van der Waals surface area contributed by atoms with E-state index in [2.05, 4.69) is 27.3 Å². The van der Waals surface area contributed by atoms with Gasteiger partial charge in [-0.25, -0.2) is 4.98 Å². The van der Waals surface area contributed by atoms with Gasteiger partial charge in [-0.05, 0) is 6.54 Å². The molecule has 2 aromatic heterocycles. The van der Waals surface area contributed by atoms with Crippen molar-refractivity contribution in [3.05, 3.63) is 22.4 Å². The van der Waals surface area contributed by atoms with Gasteiger partial charge in [0.15, 0.2) is 0 Å². The van der Waals surface area contributed by atoms with Gasteiger partial charge in [-0.3, -0.25) is 4.68 Å². The number of aromatic nitrogens is 4. The first-order valence-corrected chi connectivity index (χ1v) is 6.28. The molecule has 0 aromatic carbocycles. The maximum Gasteiger partial charge on any atom is 0.335 e. The first kappa shape index (κ1) is 12.0. The molecule has 0 fully saturated rings. The van der Waals surface area contributed by atoms with Crippen LogP contribution in [0.1, 0.15) is 17.6 Å². The van der Waals surface area contributed by atoms with Gasteiger partial charge < -0.3 is 10.1 Å². The van der Waals surface area contributed by atoms with Gasteiger partial charge in [0.25, 0.3) is 0 Å². The van der Waals surface area contributed by atoms with E-state index in [1.54, 1.807) is 29.4 Å².